The molecule has 0 aromatic carbocycles. The van der Waals surface area contributed by atoms with Gasteiger partial charge in [-0.15, -0.1) is 0 Å². The SMILES string of the molecule is C1CCCCC1.FCC(F)(F)F. The van der Waals surface area contributed by atoms with Gasteiger partial charge in [0, 0.05) is 0 Å². The van der Waals surface area contributed by atoms with Gasteiger partial charge in [-0.1, -0.05) is 38.5 Å². The molecule has 12 heavy (non-hydrogen) atoms. The van der Waals surface area contributed by atoms with Crippen molar-refractivity contribution in [2.75, 3.05) is 6.67 Å². The molecular formula is C8H14F4. The van der Waals surface area contributed by atoms with Gasteiger partial charge in [-0.25, -0.2) is 4.39 Å². The highest BCUT2D eigenvalue weighted by atomic mass is 19.4. The summed E-state index contributed by atoms with van der Waals surface area (Å²) >= 11 is 0. The molecule has 0 radical (unpaired) electrons. The predicted molar refractivity (Wildman–Crippen MR) is 39.7 cm³/mol. The van der Waals surface area contributed by atoms with Crippen molar-refractivity contribution >= 4 is 0 Å². The minimum Gasteiger partial charge on any atom is -0.241 e. The van der Waals surface area contributed by atoms with Gasteiger partial charge in [0.2, 0.25) is 0 Å². The van der Waals surface area contributed by atoms with Crippen molar-refractivity contribution in [1.82, 2.24) is 0 Å². The zero-order chi connectivity index (χ0) is 9.45. The molecule has 4 heteroatoms. The second-order valence-electron chi connectivity index (χ2n) is 2.87. The van der Waals surface area contributed by atoms with Crippen LogP contribution in [0.2, 0.25) is 0 Å². The van der Waals surface area contributed by atoms with Gasteiger partial charge in [0.15, 0.2) is 6.67 Å². The van der Waals surface area contributed by atoms with Crippen LogP contribution >= 0.6 is 0 Å². The molecule has 0 saturated heterocycles. The van der Waals surface area contributed by atoms with Crippen molar-refractivity contribution in [2.45, 2.75) is 44.7 Å². The smallest absolute Gasteiger partial charge is 0.241 e. The summed E-state index contributed by atoms with van der Waals surface area (Å²) in [7, 11) is 0. The van der Waals surface area contributed by atoms with Gasteiger partial charge in [-0.2, -0.15) is 13.2 Å². The molecule has 0 aromatic heterocycles. The summed E-state index contributed by atoms with van der Waals surface area (Å²) in [4.78, 5) is 0. The van der Waals surface area contributed by atoms with Crippen LogP contribution in [0, 0.1) is 0 Å². The number of rotatable bonds is 0. The van der Waals surface area contributed by atoms with E-state index < -0.39 is 12.9 Å². The molecule has 0 heterocycles. The summed E-state index contributed by atoms with van der Waals surface area (Å²) in [6.07, 6.45) is 4.38. The molecule has 1 aliphatic carbocycles. The van der Waals surface area contributed by atoms with Gasteiger partial charge >= 0.3 is 6.18 Å². The highest BCUT2D eigenvalue weighted by Gasteiger charge is 2.26. The predicted octanol–water partition coefficient (Wildman–Crippen LogP) is 3.86. The van der Waals surface area contributed by atoms with Gasteiger partial charge in [-0.3, -0.25) is 0 Å². The third-order valence-electron chi connectivity index (χ3n) is 1.65. The Hall–Kier alpha value is -0.280. The first-order valence-electron chi connectivity index (χ1n) is 4.19. The van der Waals surface area contributed by atoms with E-state index in [-0.39, 0.29) is 0 Å². The van der Waals surface area contributed by atoms with Gasteiger partial charge < -0.3 is 0 Å². The molecule has 0 aliphatic heterocycles. The Kier molecular flexibility index (Phi) is 6.11. The van der Waals surface area contributed by atoms with Crippen LogP contribution in [0.15, 0.2) is 0 Å². The first-order valence-corrected chi connectivity index (χ1v) is 4.19. The lowest BCUT2D eigenvalue weighted by molar-refractivity contribution is -0.142. The fourth-order valence-electron chi connectivity index (χ4n) is 1.06. The first-order chi connectivity index (χ1) is 5.56. The standard InChI is InChI=1S/C6H12.C2H2F4/c1-2-4-6-5-3-1;3-1-2(4,5)6/h1-6H2;1H2. The molecule has 0 aromatic rings. The van der Waals surface area contributed by atoms with Gasteiger partial charge in [0.25, 0.3) is 0 Å². The Morgan fingerprint density at radius 2 is 0.917 bits per heavy atom. The van der Waals surface area contributed by atoms with E-state index in [9.17, 15) is 17.6 Å². The second-order valence-corrected chi connectivity index (χ2v) is 2.87. The van der Waals surface area contributed by atoms with E-state index in [1.165, 1.54) is 38.5 Å². The first kappa shape index (κ1) is 11.7. The number of hydrogen-bond donors (Lipinski definition) is 0. The maximum atomic E-state index is 10.4. The number of hydrogen-bond acceptors (Lipinski definition) is 0. The summed E-state index contributed by atoms with van der Waals surface area (Å²) < 4.78 is 41.6. The van der Waals surface area contributed by atoms with Crippen LogP contribution in [-0.4, -0.2) is 12.9 Å². The van der Waals surface area contributed by atoms with E-state index in [1.54, 1.807) is 0 Å². The van der Waals surface area contributed by atoms with Gasteiger partial charge in [0.1, 0.15) is 0 Å². The third-order valence-corrected chi connectivity index (χ3v) is 1.65. The minimum atomic E-state index is -4.62. The van der Waals surface area contributed by atoms with E-state index >= 15 is 0 Å². The van der Waals surface area contributed by atoms with Crippen molar-refractivity contribution in [1.29, 1.82) is 0 Å². The molecule has 0 bridgehead atoms. The van der Waals surface area contributed by atoms with Crippen molar-refractivity contribution in [2.24, 2.45) is 0 Å². The van der Waals surface area contributed by atoms with E-state index in [4.69, 9.17) is 0 Å². The average Bonchev–Trinajstić information content (AvgIpc) is 2.07. The zero-order valence-corrected chi connectivity index (χ0v) is 6.96. The molecule has 1 rings (SSSR count). The van der Waals surface area contributed by atoms with Crippen molar-refractivity contribution < 1.29 is 17.6 Å². The van der Waals surface area contributed by atoms with E-state index in [2.05, 4.69) is 0 Å². The van der Waals surface area contributed by atoms with Crippen LogP contribution < -0.4 is 0 Å². The molecular weight excluding hydrogens is 172 g/mol. The van der Waals surface area contributed by atoms with Crippen molar-refractivity contribution in [3.05, 3.63) is 0 Å². The molecule has 0 unspecified atom stereocenters. The van der Waals surface area contributed by atoms with E-state index in [1.807, 2.05) is 0 Å². The number of alkyl halides is 4. The highest BCUT2D eigenvalue weighted by molar-refractivity contribution is 4.51. The lowest BCUT2D eigenvalue weighted by Crippen LogP contribution is -2.08. The van der Waals surface area contributed by atoms with Crippen LogP contribution in [0.1, 0.15) is 38.5 Å². The Morgan fingerprint density at radius 3 is 1.00 bits per heavy atom. The summed E-state index contributed by atoms with van der Waals surface area (Å²) in [6, 6.07) is 0. The Balaban J connectivity index is 0.000000202. The van der Waals surface area contributed by atoms with Crippen LogP contribution in [-0.2, 0) is 0 Å². The normalized spacial score (nSPS) is 18.0. The van der Waals surface area contributed by atoms with Crippen LogP contribution in [0.25, 0.3) is 0 Å². The third kappa shape index (κ3) is 9.72. The molecule has 0 amide bonds. The average molecular weight is 186 g/mol. The number of halogens is 4. The molecule has 0 atom stereocenters. The van der Waals surface area contributed by atoms with Crippen LogP contribution in [0.5, 0.6) is 0 Å². The van der Waals surface area contributed by atoms with E-state index in [0.29, 0.717) is 0 Å². The largest absolute Gasteiger partial charge is 0.416 e. The maximum absolute atomic E-state index is 10.4. The topological polar surface area (TPSA) is 0 Å². The maximum Gasteiger partial charge on any atom is 0.416 e. The molecule has 0 spiro atoms. The summed E-state index contributed by atoms with van der Waals surface area (Å²) in [5.41, 5.74) is 0. The quantitative estimate of drug-likeness (QED) is 0.504. The summed E-state index contributed by atoms with van der Waals surface area (Å²) in [5.74, 6) is 0. The van der Waals surface area contributed by atoms with Crippen molar-refractivity contribution in [3.8, 4) is 0 Å². The molecule has 74 valence electrons. The van der Waals surface area contributed by atoms with Gasteiger partial charge in [-0.05, 0) is 0 Å². The monoisotopic (exact) mass is 186 g/mol. The van der Waals surface area contributed by atoms with Crippen molar-refractivity contribution in [3.63, 3.8) is 0 Å². The molecule has 0 N–H and O–H groups in total. The molecule has 0 nitrogen and oxygen atoms in total. The fourth-order valence-corrected chi connectivity index (χ4v) is 1.06. The lowest BCUT2D eigenvalue weighted by Gasteiger charge is -2.05. The van der Waals surface area contributed by atoms with Crippen LogP contribution in [0.4, 0.5) is 17.6 Å². The molecule has 1 aliphatic rings. The zero-order valence-electron chi connectivity index (χ0n) is 6.96. The Labute approximate surface area is 70.0 Å². The fraction of sp³-hybridized carbons (Fsp3) is 1.00. The van der Waals surface area contributed by atoms with Gasteiger partial charge in [0.05, 0.1) is 0 Å². The Morgan fingerprint density at radius 1 is 0.750 bits per heavy atom. The molecule has 1 fully saturated rings. The summed E-state index contributed by atoms with van der Waals surface area (Å²) in [6.45, 7) is -2.23. The summed E-state index contributed by atoms with van der Waals surface area (Å²) in [5, 5.41) is 0. The van der Waals surface area contributed by atoms with E-state index in [0.717, 1.165) is 0 Å². The molecule has 1 saturated carbocycles. The highest BCUT2D eigenvalue weighted by Crippen LogP contribution is 2.15. The second kappa shape index (κ2) is 6.26. The lowest BCUT2D eigenvalue weighted by atomic mass is 10.0. The van der Waals surface area contributed by atoms with Crippen LogP contribution in [0.3, 0.4) is 0 Å². The Bertz CT molecular complexity index is 82.2. The minimum absolute atomic E-state index is 1.50.